The van der Waals surface area contributed by atoms with Gasteiger partial charge in [-0.1, -0.05) is 17.7 Å². The van der Waals surface area contributed by atoms with Gasteiger partial charge in [-0.25, -0.2) is 0 Å². The predicted molar refractivity (Wildman–Crippen MR) is 117 cm³/mol. The molecule has 2 aromatic carbocycles. The molecule has 0 spiro atoms. The van der Waals surface area contributed by atoms with E-state index in [9.17, 15) is 0 Å². The number of aromatic amines is 1. The molecule has 0 radical (unpaired) electrons. The largest absolute Gasteiger partial charge is 0.493 e. The van der Waals surface area contributed by atoms with Gasteiger partial charge in [0.25, 0.3) is 0 Å². The van der Waals surface area contributed by atoms with Crippen molar-refractivity contribution < 1.29 is 14.2 Å². The second kappa shape index (κ2) is 9.41. The monoisotopic (exact) mass is 427 g/mol. The Balaban J connectivity index is 1.32. The molecule has 3 aromatic rings. The van der Waals surface area contributed by atoms with Crippen LogP contribution in [0.15, 0.2) is 48.5 Å². The topological polar surface area (TPSA) is 59.6 Å². The van der Waals surface area contributed by atoms with E-state index in [2.05, 4.69) is 27.2 Å². The lowest BCUT2D eigenvalue weighted by molar-refractivity contribution is 0.301. The zero-order chi connectivity index (χ0) is 20.9. The number of likely N-dealkylation sites (tertiary alicyclic amines) is 1. The summed E-state index contributed by atoms with van der Waals surface area (Å²) in [6.07, 6.45) is 1.09. The minimum Gasteiger partial charge on any atom is -0.493 e. The Morgan fingerprint density at radius 1 is 1.07 bits per heavy atom. The fourth-order valence-corrected chi connectivity index (χ4v) is 3.94. The van der Waals surface area contributed by atoms with E-state index in [4.69, 9.17) is 25.8 Å². The Hall–Kier alpha value is -2.70. The molecule has 30 heavy (non-hydrogen) atoms. The molecule has 0 bridgehead atoms. The summed E-state index contributed by atoms with van der Waals surface area (Å²) in [6, 6.07) is 15.6. The number of halogens is 1. The number of H-pyrrole nitrogens is 1. The molecule has 1 aliphatic rings. The molecule has 1 aromatic heterocycles. The van der Waals surface area contributed by atoms with Gasteiger partial charge < -0.3 is 14.2 Å². The highest BCUT2D eigenvalue weighted by Gasteiger charge is 2.26. The normalized spacial score (nSPS) is 16.6. The van der Waals surface area contributed by atoms with Crippen molar-refractivity contribution in [2.75, 3.05) is 27.3 Å². The number of aromatic nitrogens is 2. The standard InChI is InChI=1S/C23H26ClN3O3/c1-28-22-8-3-16(11-23(22)29-2)13-27-10-9-17(14-27)21-12-19(25-26-21)15-30-20-6-4-18(24)5-7-20/h3-8,11-12,17H,9-10,13-15H2,1-2H3,(H,25,26)/t17-/m0/s1. The van der Waals surface area contributed by atoms with Crippen molar-refractivity contribution in [1.82, 2.24) is 15.1 Å². The molecule has 1 atom stereocenters. The van der Waals surface area contributed by atoms with Crippen molar-refractivity contribution in [3.05, 3.63) is 70.5 Å². The molecule has 0 amide bonds. The van der Waals surface area contributed by atoms with Crippen LogP contribution < -0.4 is 14.2 Å². The number of hydrogen-bond acceptors (Lipinski definition) is 5. The minimum absolute atomic E-state index is 0.422. The van der Waals surface area contributed by atoms with Crippen molar-refractivity contribution in [3.8, 4) is 17.2 Å². The van der Waals surface area contributed by atoms with E-state index in [1.807, 2.05) is 36.4 Å². The maximum absolute atomic E-state index is 5.91. The summed E-state index contributed by atoms with van der Waals surface area (Å²) in [5.41, 5.74) is 3.28. The van der Waals surface area contributed by atoms with E-state index in [-0.39, 0.29) is 0 Å². The Bertz CT molecular complexity index is 974. The van der Waals surface area contributed by atoms with Gasteiger partial charge in [0.2, 0.25) is 0 Å². The van der Waals surface area contributed by atoms with Crippen LogP contribution in [0.2, 0.25) is 5.02 Å². The second-order valence-corrected chi connectivity index (χ2v) is 7.91. The molecule has 2 heterocycles. The molecular weight excluding hydrogens is 402 g/mol. The van der Waals surface area contributed by atoms with Crippen molar-refractivity contribution in [2.24, 2.45) is 0 Å². The van der Waals surface area contributed by atoms with E-state index in [1.165, 1.54) is 5.56 Å². The third-order valence-electron chi connectivity index (χ3n) is 5.40. The lowest BCUT2D eigenvalue weighted by Gasteiger charge is -2.17. The molecule has 158 valence electrons. The highest BCUT2D eigenvalue weighted by molar-refractivity contribution is 6.30. The van der Waals surface area contributed by atoms with Crippen molar-refractivity contribution in [3.63, 3.8) is 0 Å². The molecule has 1 aliphatic heterocycles. The van der Waals surface area contributed by atoms with E-state index >= 15 is 0 Å². The molecule has 1 N–H and O–H groups in total. The zero-order valence-corrected chi connectivity index (χ0v) is 18.0. The number of ether oxygens (including phenoxy) is 3. The molecule has 0 aliphatic carbocycles. The molecule has 1 fully saturated rings. The van der Waals surface area contributed by atoms with Gasteiger partial charge in [0.1, 0.15) is 12.4 Å². The molecule has 7 heteroatoms. The minimum atomic E-state index is 0.422. The lowest BCUT2D eigenvalue weighted by atomic mass is 10.1. The van der Waals surface area contributed by atoms with Gasteiger partial charge in [-0.15, -0.1) is 0 Å². The average molecular weight is 428 g/mol. The first-order chi connectivity index (χ1) is 14.6. The number of hydrogen-bond donors (Lipinski definition) is 1. The fourth-order valence-electron chi connectivity index (χ4n) is 3.81. The Morgan fingerprint density at radius 3 is 2.63 bits per heavy atom. The van der Waals surface area contributed by atoms with Gasteiger partial charge in [-0.2, -0.15) is 5.10 Å². The number of methoxy groups -OCH3 is 2. The van der Waals surface area contributed by atoms with Crippen molar-refractivity contribution in [2.45, 2.75) is 25.5 Å². The lowest BCUT2D eigenvalue weighted by Crippen LogP contribution is -2.19. The van der Waals surface area contributed by atoms with E-state index < -0.39 is 0 Å². The first-order valence-electron chi connectivity index (χ1n) is 10.0. The van der Waals surface area contributed by atoms with Crippen LogP contribution in [0.1, 0.15) is 29.3 Å². The molecule has 0 saturated carbocycles. The van der Waals surface area contributed by atoms with Crippen LogP contribution in [-0.4, -0.2) is 42.4 Å². The molecule has 1 saturated heterocycles. The third kappa shape index (κ3) is 4.89. The second-order valence-electron chi connectivity index (χ2n) is 7.47. The highest BCUT2D eigenvalue weighted by atomic mass is 35.5. The summed E-state index contributed by atoms with van der Waals surface area (Å²) in [5.74, 6) is 2.73. The van der Waals surface area contributed by atoms with Crippen molar-refractivity contribution >= 4 is 11.6 Å². The first-order valence-corrected chi connectivity index (χ1v) is 10.4. The van der Waals surface area contributed by atoms with Crippen LogP contribution in [0.4, 0.5) is 0 Å². The van der Waals surface area contributed by atoms with E-state index in [1.54, 1.807) is 14.2 Å². The summed E-state index contributed by atoms with van der Waals surface area (Å²) >= 11 is 5.91. The Labute approximate surface area is 181 Å². The third-order valence-corrected chi connectivity index (χ3v) is 5.66. The van der Waals surface area contributed by atoms with Gasteiger partial charge in [0, 0.05) is 24.0 Å². The maximum Gasteiger partial charge on any atom is 0.161 e. The van der Waals surface area contributed by atoms with Crippen LogP contribution >= 0.6 is 11.6 Å². The van der Waals surface area contributed by atoms with Gasteiger partial charge in [-0.05, 0) is 61.0 Å². The van der Waals surface area contributed by atoms with Gasteiger partial charge in [0.05, 0.1) is 25.6 Å². The van der Waals surface area contributed by atoms with Crippen molar-refractivity contribution in [1.29, 1.82) is 0 Å². The van der Waals surface area contributed by atoms with Gasteiger partial charge in [-0.3, -0.25) is 10.00 Å². The Kier molecular flexibility index (Phi) is 6.45. The predicted octanol–water partition coefficient (Wildman–Crippen LogP) is 4.65. The SMILES string of the molecule is COc1ccc(CN2CC[C@H](c3cc(COc4ccc(Cl)cc4)[nH]n3)C2)cc1OC. The average Bonchev–Trinajstić information content (AvgIpc) is 3.43. The van der Waals surface area contributed by atoms with Crippen LogP contribution in [0.5, 0.6) is 17.2 Å². The van der Waals surface area contributed by atoms with Crippen LogP contribution in [0, 0.1) is 0 Å². The Morgan fingerprint density at radius 2 is 1.87 bits per heavy atom. The van der Waals surface area contributed by atoms with Crippen LogP contribution in [0.3, 0.4) is 0 Å². The maximum atomic E-state index is 5.91. The molecule has 6 nitrogen and oxygen atoms in total. The summed E-state index contributed by atoms with van der Waals surface area (Å²) < 4.78 is 16.5. The zero-order valence-electron chi connectivity index (χ0n) is 17.2. The van der Waals surface area contributed by atoms with E-state index in [0.717, 1.165) is 54.7 Å². The summed E-state index contributed by atoms with van der Waals surface area (Å²) in [7, 11) is 3.32. The number of rotatable bonds is 8. The van der Waals surface area contributed by atoms with Gasteiger partial charge in [0.15, 0.2) is 11.5 Å². The summed E-state index contributed by atoms with van der Waals surface area (Å²) in [5, 5.41) is 8.33. The number of benzene rings is 2. The fraction of sp³-hybridized carbons (Fsp3) is 0.348. The number of nitrogens with zero attached hydrogens (tertiary/aromatic N) is 2. The van der Waals surface area contributed by atoms with Crippen LogP contribution in [-0.2, 0) is 13.2 Å². The van der Waals surface area contributed by atoms with Gasteiger partial charge >= 0.3 is 0 Å². The molecular formula is C23H26ClN3O3. The quantitative estimate of drug-likeness (QED) is 0.567. The summed E-state index contributed by atoms with van der Waals surface area (Å²) in [4.78, 5) is 2.45. The molecule has 0 unspecified atom stereocenters. The van der Waals surface area contributed by atoms with E-state index in [0.29, 0.717) is 17.5 Å². The summed E-state index contributed by atoms with van der Waals surface area (Å²) in [6.45, 7) is 3.36. The van der Waals surface area contributed by atoms with Crippen LogP contribution in [0.25, 0.3) is 0 Å². The highest BCUT2D eigenvalue weighted by Crippen LogP contribution is 2.31. The molecule has 4 rings (SSSR count). The first kappa shape index (κ1) is 20.6. The smallest absolute Gasteiger partial charge is 0.161 e. The number of nitrogens with one attached hydrogen (secondary N) is 1.